The largest absolute Gasteiger partial charge is 0.333 e. The van der Waals surface area contributed by atoms with Crippen LogP contribution in [0.1, 0.15) is 34.8 Å². The van der Waals surface area contributed by atoms with Crippen LogP contribution in [0, 0.1) is 6.92 Å². The van der Waals surface area contributed by atoms with Crippen molar-refractivity contribution in [2.75, 3.05) is 7.05 Å². The number of hydrogen-bond acceptors (Lipinski definition) is 4. The van der Waals surface area contributed by atoms with Gasteiger partial charge in [0, 0.05) is 31.4 Å². The zero-order valence-electron chi connectivity index (χ0n) is 14.8. The number of nitrogens with zero attached hydrogens (tertiary/aromatic N) is 5. The van der Waals surface area contributed by atoms with Gasteiger partial charge in [0.1, 0.15) is 5.82 Å². The van der Waals surface area contributed by atoms with Crippen LogP contribution in [0.3, 0.4) is 0 Å². The van der Waals surface area contributed by atoms with Crippen molar-refractivity contribution in [3.8, 4) is 11.4 Å². The summed E-state index contributed by atoms with van der Waals surface area (Å²) in [7, 11) is 3.64. The van der Waals surface area contributed by atoms with Crippen LogP contribution in [0.5, 0.6) is 0 Å². The number of rotatable bonds is 4. The van der Waals surface area contributed by atoms with Crippen LogP contribution in [-0.2, 0) is 7.05 Å². The van der Waals surface area contributed by atoms with Gasteiger partial charge in [-0.25, -0.2) is 4.98 Å². The molecule has 128 valence electrons. The quantitative estimate of drug-likeness (QED) is 0.735. The molecule has 3 rings (SSSR count). The zero-order chi connectivity index (χ0) is 18.0. The van der Waals surface area contributed by atoms with Crippen molar-refractivity contribution in [3.63, 3.8) is 0 Å². The number of carbonyl (C=O) groups excluding carboxylic acids is 1. The van der Waals surface area contributed by atoms with E-state index >= 15 is 0 Å². The molecule has 0 saturated heterocycles. The average Bonchev–Trinajstić information content (AvgIpc) is 2.99. The number of amides is 1. The Bertz CT molecular complexity index is 868. The maximum absolute atomic E-state index is 12.9. The lowest BCUT2D eigenvalue weighted by molar-refractivity contribution is 0.0740. The third-order valence-electron chi connectivity index (χ3n) is 4.37. The first-order chi connectivity index (χ1) is 12.0. The lowest BCUT2D eigenvalue weighted by Crippen LogP contribution is -2.30. The Hall–Kier alpha value is -3.02. The Balaban J connectivity index is 1.86. The predicted molar refractivity (Wildman–Crippen MR) is 95.9 cm³/mol. The number of benzene rings is 1. The average molecular weight is 335 g/mol. The summed E-state index contributed by atoms with van der Waals surface area (Å²) < 4.78 is 1.72. The Morgan fingerprint density at radius 2 is 2.00 bits per heavy atom. The van der Waals surface area contributed by atoms with Crippen molar-refractivity contribution in [1.29, 1.82) is 0 Å². The van der Waals surface area contributed by atoms with Crippen molar-refractivity contribution >= 4 is 5.91 Å². The standard InChI is InChI=1S/C19H21N5O/c1-13(17-10-5-6-11-20-17)23(3)19(25)16-9-7-8-15(12-16)18-21-14(2)24(4)22-18/h5-13H,1-4H3/t13-/m0/s1. The van der Waals surface area contributed by atoms with E-state index in [-0.39, 0.29) is 11.9 Å². The highest BCUT2D eigenvalue weighted by Crippen LogP contribution is 2.21. The first kappa shape index (κ1) is 16.8. The molecule has 6 heteroatoms. The van der Waals surface area contributed by atoms with Gasteiger partial charge in [0.05, 0.1) is 11.7 Å². The van der Waals surface area contributed by atoms with Gasteiger partial charge in [-0.05, 0) is 38.1 Å². The number of aryl methyl sites for hydroxylation is 2. The molecule has 0 unspecified atom stereocenters. The molecule has 0 radical (unpaired) electrons. The third kappa shape index (κ3) is 3.42. The molecule has 25 heavy (non-hydrogen) atoms. The van der Waals surface area contributed by atoms with Crippen molar-refractivity contribution in [1.82, 2.24) is 24.6 Å². The molecule has 0 saturated carbocycles. The third-order valence-corrected chi connectivity index (χ3v) is 4.37. The van der Waals surface area contributed by atoms with Gasteiger partial charge in [0.15, 0.2) is 5.82 Å². The number of aromatic nitrogens is 4. The van der Waals surface area contributed by atoms with Crippen molar-refractivity contribution < 1.29 is 4.79 Å². The van der Waals surface area contributed by atoms with Crippen molar-refractivity contribution in [2.24, 2.45) is 7.05 Å². The summed E-state index contributed by atoms with van der Waals surface area (Å²) >= 11 is 0. The van der Waals surface area contributed by atoms with E-state index in [0.717, 1.165) is 17.1 Å². The monoisotopic (exact) mass is 335 g/mol. The summed E-state index contributed by atoms with van der Waals surface area (Å²) in [4.78, 5) is 23.3. The first-order valence-corrected chi connectivity index (χ1v) is 8.13. The van der Waals surface area contributed by atoms with Gasteiger partial charge in [0.25, 0.3) is 5.91 Å². The fraction of sp³-hybridized carbons (Fsp3) is 0.263. The molecule has 0 bridgehead atoms. The number of pyridine rings is 1. The van der Waals surface area contributed by atoms with E-state index in [0.29, 0.717) is 11.4 Å². The van der Waals surface area contributed by atoms with Crippen molar-refractivity contribution in [3.05, 3.63) is 65.7 Å². The molecule has 2 aromatic heterocycles. The van der Waals surface area contributed by atoms with E-state index in [1.807, 2.05) is 63.4 Å². The zero-order valence-corrected chi connectivity index (χ0v) is 14.8. The van der Waals surface area contributed by atoms with Gasteiger partial charge in [-0.3, -0.25) is 14.5 Å². The Kier molecular flexibility index (Phi) is 4.61. The fourth-order valence-corrected chi connectivity index (χ4v) is 2.58. The summed E-state index contributed by atoms with van der Waals surface area (Å²) in [5, 5.41) is 4.38. The smallest absolute Gasteiger partial charge is 0.254 e. The SMILES string of the molecule is Cc1nc(-c2cccc(C(=O)N(C)[C@@H](C)c3ccccn3)c2)nn1C. The minimum absolute atomic E-state index is 0.0624. The maximum Gasteiger partial charge on any atom is 0.254 e. The summed E-state index contributed by atoms with van der Waals surface area (Å²) in [5.74, 6) is 1.38. The molecule has 2 heterocycles. The summed E-state index contributed by atoms with van der Waals surface area (Å²) in [6.07, 6.45) is 1.74. The second-order valence-corrected chi connectivity index (χ2v) is 6.03. The normalized spacial score (nSPS) is 12.0. The Morgan fingerprint density at radius 1 is 1.20 bits per heavy atom. The second kappa shape index (κ2) is 6.84. The van der Waals surface area contributed by atoms with Crippen LogP contribution in [0.25, 0.3) is 11.4 Å². The first-order valence-electron chi connectivity index (χ1n) is 8.13. The molecule has 1 amide bonds. The highest BCUT2D eigenvalue weighted by Gasteiger charge is 2.20. The molecule has 0 aliphatic rings. The lowest BCUT2D eigenvalue weighted by Gasteiger charge is -2.24. The number of hydrogen-bond donors (Lipinski definition) is 0. The second-order valence-electron chi connectivity index (χ2n) is 6.03. The molecule has 0 aliphatic heterocycles. The van der Waals surface area contributed by atoms with Crippen LogP contribution >= 0.6 is 0 Å². The van der Waals surface area contributed by atoms with Gasteiger partial charge in [-0.1, -0.05) is 18.2 Å². The van der Waals surface area contributed by atoms with E-state index in [9.17, 15) is 4.79 Å². The molecule has 0 spiro atoms. The van der Waals surface area contributed by atoms with Crippen LogP contribution < -0.4 is 0 Å². The van der Waals surface area contributed by atoms with E-state index < -0.39 is 0 Å². The van der Waals surface area contributed by atoms with Crippen LogP contribution in [0.2, 0.25) is 0 Å². The molecule has 0 N–H and O–H groups in total. The van der Waals surface area contributed by atoms with Crippen LogP contribution in [0.4, 0.5) is 0 Å². The molecule has 1 atom stereocenters. The van der Waals surface area contributed by atoms with Gasteiger partial charge in [-0.15, -0.1) is 0 Å². The predicted octanol–water partition coefficient (Wildman–Crippen LogP) is 3.02. The topological polar surface area (TPSA) is 63.9 Å². The van der Waals surface area contributed by atoms with Crippen molar-refractivity contribution in [2.45, 2.75) is 19.9 Å². The Morgan fingerprint density at radius 3 is 2.64 bits per heavy atom. The molecule has 0 fully saturated rings. The van der Waals surface area contributed by atoms with Gasteiger partial charge < -0.3 is 4.90 Å². The van der Waals surface area contributed by atoms with Crippen LogP contribution in [-0.4, -0.2) is 37.6 Å². The van der Waals surface area contributed by atoms with Gasteiger partial charge >= 0.3 is 0 Å². The molecular weight excluding hydrogens is 314 g/mol. The fourth-order valence-electron chi connectivity index (χ4n) is 2.58. The summed E-state index contributed by atoms with van der Waals surface area (Å²) in [6, 6.07) is 13.0. The minimum atomic E-state index is -0.118. The minimum Gasteiger partial charge on any atom is -0.333 e. The van der Waals surface area contributed by atoms with E-state index in [1.54, 1.807) is 22.8 Å². The molecule has 1 aromatic carbocycles. The molecule has 0 aliphatic carbocycles. The highest BCUT2D eigenvalue weighted by molar-refractivity contribution is 5.95. The summed E-state index contributed by atoms with van der Waals surface area (Å²) in [5.41, 5.74) is 2.29. The highest BCUT2D eigenvalue weighted by atomic mass is 16.2. The maximum atomic E-state index is 12.9. The molecule has 6 nitrogen and oxygen atoms in total. The van der Waals surface area contributed by atoms with Gasteiger partial charge in [-0.2, -0.15) is 5.10 Å². The van der Waals surface area contributed by atoms with Crippen LogP contribution in [0.15, 0.2) is 48.7 Å². The van der Waals surface area contributed by atoms with E-state index in [4.69, 9.17) is 0 Å². The Labute approximate surface area is 147 Å². The number of carbonyl (C=O) groups is 1. The molecular formula is C19H21N5O. The van der Waals surface area contributed by atoms with E-state index in [1.165, 1.54) is 0 Å². The summed E-state index contributed by atoms with van der Waals surface area (Å²) in [6.45, 7) is 3.86. The van der Waals surface area contributed by atoms with Gasteiger partial charge in [0.2, 0.25) is 0 Å². The van der Waals surface area contributed by atoms with E-state index in [2.05, 4.69) is 15.1 Å². The molecule has 3 aromatic rings. The lowest BCUT2D eigenvalue weighted by atomic mass is 10.1.